The maximum Gasteiger partial charge on any atom is 0.425 e. The fourth-order valence-electron chi connectivity index (χ4n) is 3.66. The minimum absolute atomic E-state index is 0.0639. The summed E-state index contributed by atoms with van der Waals surface area (Å²) >= 11 is 6.14. The number of ether oxygens (including phenoxy) is 1. The van der Waals surface area contributed by atoms with Crippen LogP contribution in [0.3, 0.4) is 0 Å². The van der Waals surface area contributed by atoms with Crippen molar-refractivity contribution >= 4 is 17.5 Å². The Morgan fingerprint density at radius 1 is 1.15 bits per heavy atom. The molecule has 0 aliphatic heterocycles. The number of aromatic nitrogens is 4. The topological polar surface area (TPSA) is 74.0 Å². The Morgan fingerprint density at radius 2 is 1.85 bits per heavy atom. The first-order chi connectivity index (χ1) is 18.1. The van der Waals surface area contributed by atoms with Gasteiger partial charge in [0, 0.05) is 31.3 Å². The Kier molecular flexibility index (Phi) is 7.83. The number of alkyl halides is 8. The minimum atomic E-state index is -5.24. The highest BCUT2D eigenvalue weighted by molar-refractivity contribution is 6.34. The Labute approximate surface area is 220 Å². The summed E-state index contributed by atoms with van der Waals surface area (Å²) in [6, 6.07) is 4.51. The molecule has 1 aliphatic carbocycles. The SMILES string of the molecule is Cn1nc(OC(F)CCC(F)C(F)(F)F)c(C(F)(F)F)c1-n1cc(-c2ccc(Cl)c(C(=O)NC3CC3)c2)cn1. The summed E-state index contributed by atoms with van der Waals surface area (Å²) in [5, 5.41) is 10.4. The van der Waals surface area contributed by atoms with E-state index < -0.39 is 60.9 Å². The van der Waals surface area contributed by atoms with Crippen LogP contribution in [-0.4, -0.2) is 50.2 Å². The summed E-state index contributed by atoms with van der Waals surface area (Å²) in [4.78, 5) is 12.5. The number of nitrogens with zero attached hydrogens (tertiary/aromatic N) is 4. The van der Waals surface area contributed by atoms with Crippen LogP contribution in [0, 0.1) is 0 Å². The van der Waals surface area contributed by atoms with Gasteiger partial charge >= 0.3 is 12.4 Å². The van der Waals surface area contributed by atoms with Crippen molar-refractivity contribution < 1.29 is 44.7 Å². The van der Waals surface area contributed by atoms with Crippen LogP contribution >= 0.6 is 11.6 Å². The molecule has 0 bridgehead atoms. The molecule has 39 heavy (non-hydrogen) atoms. The summed E-state index contributed by atoms with van der Waals surface area (Å²) in [6.07, 6.45) is -14.8. The predicted octanol–water partition coefficient (Wildman–Crippen LogP) is 6.19. The van der Waals surface area contributed by atoms with Gasteiger partial charge in [-0.1, -0.05) is 17.7 Å². The van der Waals surface area contributed by atoms with E-state index in [9.17, 15) is 39.9 Å². The van der Waals surface area contributed by atoms with E-state index >= 15 is 0 Å². The molecule has 0 spiro atoms. The lowest BCUT2D eigenvalue weighted by Gasteiger charge is -2.15. The van der Waals surface area contributed by atoms with E-state index in [0.717, 1.165) is 24.6 Å². The molecule has 1 amide bonds. The van der Waals surface area contributed by atoms with Crippen LogP contribution in [0.5, 0.6) is 5.88 Å². The zero-order valence-electron chi connectivity index (χ0n) is 20.0. The van der Waals surface area contributed by atoms with E-state index in [1.807, 2.05) is 0 Å². The number of carbonyl (C=O) groups excluding carboxylic acids is 1. The summed E-state index contributed by atoms with van der Waals surface area (Å²) in [7, 11) is 1.09. The molecule has 1 saturated carbocycles. The van der Waals surface area contributed by atoms with E-state index in [2.05, 4.69) is 20.3 Å². The summed E-state index contributed by atoms with van der Waals surface area (Å²) in [5.74, 6) is -2.34. The average Bonchev–Trinajstić information content (AvgIpc) is 3.39. The summed E-state index contributed by atoms with van der Waals surface area (Å²) in [5.41, 5.74) is -0.673. The molecule has 0 radical (unpaired) electrons. The van der Waals surface area contributed by atoms with Crippen molar-refractivity contribution in [3.63, 3.8) is 0 Å². The van der Waals surface area contributed by atoms with Crippen molar-refractivity contribution in [2.45, 2.75) is 56.6 Å². The zero-order chi connectivity index (χ0) is 28.7. The van der Waals surface area contributed by atoms with Crippen molar-refractivity contribution in [3.05, 3.63) is 46.7 Å². The summed E-state index contributed by atoms with van der Waals surface area (Å²) in [6.45, 7) is 0. The standard InChI is InChI=1S/C23H20ClF8N5O2/c1-36-21(18(23(30,31)32)20(35-36)39-17(26)7-6-16(25)22(27,28)29)37-10-12(9-33-37)11-2-5-15(24)14(8-11)19(38)34-13-3-4-13/h2,5,8-10,13,16-17H,3-4,6-7H2,1H3,(H,34,38). The number of carbonyl (C=O) groups is 1. The molecule has 212 valence electrons. The molecule has 3 aromatic rings. The molecular weight excluding hydrogens is 566 g/mol. The molecule has 2 atom stereocenters. The second kappa shape index (κ2) is 10.7. The van der Waals surface area contributed by atoms with Crippen LogP contribution in [0.25, 0.3) is 16.9 Å². The quantitative estimate of drug-likeness (QED) is 0.304. The Balaban J connectivity index is 1.61. The minimum Gasteiger partial charge on any atom is -0.442 e. The second-order valence-electron chi connectivity index (χ2n) is 8.86. The van der Waals surface area contributed by atoms with Crippen LogP contribution in [0.2, 0.25) is 5.02 Å². The molecule has 2 aromatic heterocycles. The number of amides is 1. The van der Waals surface area contributed by atoms with E-state index in [1.165, 1.54) is 30.6 Å². The third-order valence-corrected chi connectivity index (χ3v) is 6.10. The molecule has 1 aliphatic rings. The van der Waals surface area contributed by atoms with Crippen molar-refractivity contribution in [2.75, 3.05) is 0 Å². The zero-order valence-corrected chi connectivity index (χ0v) is 20.7. The molecule has 0 saturated heterocycles. The Morgan fingerprint density at radius 3 is 2.46 bits per heavy atom. The van der Waals surface area contributed by atoms with Gasteiger partial charge in [-0.25, -0.2) is 18.1 Å². The lowest BCUT2D eigenvalue weighted by atomic mass is 10.1. The van der Waals surface area contributed by atoms with Crippen molar-refractivity contribution in [2.24, 2.45) is 7.05 Å². The number of hydrogen-bond donors (Lipinski definition) is 1. The van der Waals surface area contributed by atoms with Crippen molar-refractivity contribution in [1.82, 2.24) is 24.9 Å². The molecule has 1 aromatic carbocycles. The van der Waals surface area contributed by atoms with Gasteiger partial charge in [0.2, 0.25) is 12.2 Å². The van der Waals surface area contributed by atoms with Crippen molar-refractivity contribution in [3.8, 4) is 22.8 Å². The van der Waals surface area contributed by atoms with Gasteiger partial charge in [-0.3, -0.25) is 4.79 Å². The number of nitrogens with one attached hydrogen (secondary N) is 1. The smallest absolute Gasteiger partial charge is 0.425 e. The Bertz CT molecular complexity index is 1350. The highest BCUT2D eigenvalue weighted by Gasteiger charge is 2.43. The van der Waals surface area contributed by atoms with Gasteiger partial charge in [0.15, 0.2) is 17.6 Å². The maximum atomic E-state index is 14.2. The lowest BCUT2D eigenvalue weighted by molar-refractivity contribution is -0.184. The second-order valence-corrected chi connectivity index (χ2v) is 9.26. The fourth-order valence-corrected chi connectivity index (χ4v) is 3.87. The molecule has 7 nitrogen and oxygen atoms in total. The van der Waals surface area contributed by atoms with Crippen LogP contribution in [0.15, 0.2) is 30.6 Å². The van der Waals surface area contributed by atoms with Gasteiger partial charge in [-0.2, -0.15) is 31.4 Å². The molecule has 2 unspecified atom stereocenters. The van der Waals surface area contributed by atoms with Crippen LogP contribution < -0.4 is 10.1 Å². The van der Waals surface area contributed by atoms with Crippen LogP contribution in [-0.2, 0) is 13.2 Å². The van der Waals surface area contributed by atoms with Gasteiger partial charge in [0.1, 0.15) is 0 Å². The van der Waals surface area contributed by atoms with E-state index in [4.69, 9.17) is 11.6 Å². The predicted molar refractivity (Wildman–Crippen MR) is 122 cm³/mol. The van der Waals surface area contributed by atoms with Crippen LogP contribution in [0.4, 0.5) is 35.1 Å². The third kappa shape index (κ3) is 6.62. The van der Waals surface area contributed by atoms with Crippen LogP contribution in [0.1, 0.15) is 41.6 Å². The van der Waals surface area contributed by atoms with Crippen molar-refractivity contribution in [1.29, 1.82) is 0 Å². The number of halogens is 9. The first kappa shape index (κ1) is 28.6. The highest BCUT2D eigenvalue weighted by atomic mass is 35.5. The van der Waals surface area contributed by atoms with Gasteiger partial charge < -0.3 is 10.1 Å². The lowest BCUT2D eigenvalue weighted by Crippen LogP contribution is -2.26. The molecule has 1 N–H and O–H groups in total. The number of rotatable bonds is 9. The summed E-state index contributed by atoms with van der Waals surface area (Å²) < 4.78 is 112. The highest BCUT2D eigenvalue weighted by Crippen LogP contribution is 2.41. The largest absolute Gasteiger partial charge is 0.442 e. The molecular formula is C23H20ClF8N5O2. The average molecular weight is 586 g/mol. The number of hydrogen-bond acceptors (Lipinski definition) is 4. The van der Waals surface area contributed by atoms with E-state index in [-0.39, 0.29) is 16.6 Å². The fraction of sp³-hybridized carbons (Fsp3) is 0.435. The molecule has 16 heteroatoms. The van der Waals surface area contributed by atoms with E-state index in [1.54, 1.807) is 0 Å². The normalized spacial score (nSPS) is 15.7. The van der Waals surface area contributed by atoms with Gasteiger partial charge in [-0.05, 0) is 37.0 Å². The third-order valence-electron chi connectivity index (χ3n) is 5.77. The van der Waals surface area contributed by atoms with E-state index in [0.29, 0.717) is 15.8 Å². The monoisotopic (exact) mass is 585 g/mol. The first-order valence-corrected chi connectivity index (χ1v) is 11.8. The molecule has 2 heterocycles. The van der Waals surface area contributed by atoms with Gasteiger partial charge in [0.25, 0.3) is 5.91 Å². The molecule has 1 fully saturated rings. The Hall–Kier alpha value is -3.36. The van der Waals surface area contributed by atoms with Gasteiger partial charge in [-0.15, -0.1) is 5.10 Å². The number of aryl methyl sites for hydroxylation is 1. The first-order valence-electron chi connectivity index (χ1n) is 11.5. The number of benzene rings is 1. The maximum absolute atomic E-state index is 14.2. The molecule has 4 rings (SSSR count). The van der Waals surface area contributed by atoms with Gasteiger partial charge in [0.05, 0.1) is 16.8 Å².